The van der Waals surface area contributed by atoms with E-state index in [1.165, 1.54) is 23.9 Å². The van der Waals surface area contributed by atoms with Gasteiger partial charge in [0.2, 0.25) is 5.91 Å². The normalized spacial score (nSPS) is 12.7. The molecule has 0 aromatic heterocycles. The van der Waals surface area contributed by atoms with E-state index >= 15 is 0 Å². The van der Waals surface area contributed by atoms with E-state index in [-0.39, 0.29) is 24.1 Å². The van der Waals surface area contributed by atoms with Crippen molar-refractivity contribution in [1.29, 1.82) is 0 Å². The maximum Gasteiger partial charge on any atom is 0.303 e. The molecule has 0 spiro atoms. The second kappa shape index (κ2) is 8.17. The standard InChI is InChI=1S/C16H22FNO3S/c1-11(10-22-13-6-4-12(17)5-7-13)15(21)18-16(2,3)9-8-14(19)20/h4-7,11H,8-10H2,1-3H3,(H,18,21)(H,19,20). The summed E-state index contributed by atoms with van der Waals surface area (Å²) in [5.41, 5.74) is -0.551. The molecule has 0 saturated heterocycles. The molecule has 1 amide bonds. The quantitative estimate of drug-likeness (QED) is 0.719. The summed E-state index contributed by atoms with van der Waals surface area (Å²) in [5.74, 6) is -0.909. The Bertz CT molecular complexity index is 517. The van der Waals surface area contributed by atoms with Gasteiger partial charge in [-0.25, -0.2) is 4.39 Å². The molecule has 1 aromatic carbocycles. The molecular weight excluding hydrogens is 305 g/mol. The van der Waals surface area contributed by atoms with Crippen LogP contribution in [0.15, 0.2) is 29.2 Å². The van der Waals surface area contributed by atoms with Gasteiger partial charge in [-0.3, -0.25) is 9.59 Å². The van der Waals surface area contributed by atoms with Crippen LogP contribution in [-0.4, -0.2) is 28.3 Å². The minimum absolute atomic E-state index is 0.0198. The first-order valence-corrected chi connectivity index (χ1v) is 8.10. The zero-order chi connectivity index (χ0) is 16.8. The highest BCUT2D eigenvalue weighted by atomic mass is 32.2. The zero-order valence-corrected chi connectivity index (χ0v) is 13.9. The van der Waals surface area contributed by atoms with Crippen LogP contribution in [0.1, 0.15) is 33.6 Å². The van der Waals surface area contributed by atoms with E-state index in [4.69, 9.17) is 5.11 Å². The molecule has 0 aliphatic rings. The third-order valence-electron chi connectivity index (χ3n) is 3.19. The van der Waals surface area contributed by atoms with Crippen molar-refractivity contribution in [3.05, 3.63) is 30.1 Å². The van der Waals surface area contributed by atoms with Crippen LogP contribution < -0.4 is 5.32 Å². The van der Waals surface area contributed by atoms with Gasteiger partial charge in [0.25, 0.3) is 0 Å². The van der Waals surface area contributed by atoms with Crippen LogP contribution in [0.2, 0.25) is 0 Å². The number of hydrogen-bond donors (Lipinski definition) is 2. The molecule has 0 heterocycles. The third-order valence-corrected chi connectivity index (χ3v) is 4.46. The summed E-state index contributed by atoms with van der Waals surface area (Å²) >= 11 is 1.49. The SMILES string of the molecule is CC(CSc1ccc(F)cc1)C(=O)NC(C)(C)CCC(=O)O. The minimum atomic E-state index is -0.873. The average Bonchev–Trinajstić information content (AvgIpc) is 2.44. The fourth-order valence-electron chi connectivity index (χ4n) is 1.77. The maximum absolute atomic E-state index is 12.8. The molecule has 0 bridgehead atoms. The number of aliphatic carboxylic acids is 1. The molecule has 4 nitrogen and oxygen atoms in total. The summed E-state index contributed by atoms with van der Waals surface area (Å²) in [6, 6.07) is 6.15. The minimum Gasteiger partial charge on any atom is -0.481 e. The molecule has 2 N–H and O–H groups in total. The lowest BCUT2D eigenvalue weighted by atomic mass is 9.97. The van der Waals surface area contributed by atoms with Crippen LogP contribution in [0.25, 0.3) is 0 Å². The molecule has 0 fully saturated rings. The number of benzene rings is 1. The van der Waals surface area contributed by atoms with Gasteiger partial charge in [-0.15, -0.1) is 11.8 Å². The Morgan fingerprint density at radius 3 is 2.45 bits per heavy atom. The van der Waals surface area contributed by atoms with Gasteiger partial charge in [-0.2, -0.15) is 0 Å². The van der Waals surface area contributed by atoms with Crippen molar-refractivity contribution in [2.24, 2.45) is 5.92 Å². The molecule has 0 aliphatic heterocycles. The summed E-state index contributed by atoms with van der Waals surface area (Å²) in [7, 11) is 0. The highest BCUT2D eigenvalue weighted by Gasteiger charge is 2.24. The summed E-state index contributed by atoms with van der Waals surface area (Å²) < 4.78 is 12.8. The van der Waals surface area contributed by atoms with Crippen molar-refractivity contribution >= 4 is 23.6 Å². The number of amides is 1. The Kier molecular flexibility index (Phi) is 6.87. The number of hydrogen-bond acceptors (Lipinski definition) is 3. The zero-order valence-electron chi connectivity index (χ0n) is 13.1. The first kappa shape index (κ1) is 18.5. The number of nitrogens with one attached hydrogen (secondary N) is 1. The van der Waals surface area contributed by atoms with E-state index in [0.717, 1.165) is 4.90 Å². The molecule has 1 rings (SSSR count). The van der Waals surface area contributed by atoms with Gasteiger partial charge in [0.05, 0.1) is 0 Å². The van der Waals surface area contributed by atoms with Crippen LogP contribution in [0.3, 0.4) is 0 Å². The Morgan fingerprint density at radius 1 is 1.32 bits per heavy atom. The van der Waals surface area contributed by atoms with Crippen LogP contribution in [0, 0.1) is 11.7 Å². The second-order valence-corrected chi connectivity index (χ2v) is 7.03. The molecule has 1 atom stereocenters. The number of halogens is 1. The highest BCUT2D eigenvalue weighted by molar-refractivity contribution is 7.99. The van der Waals surface area contributed by atoms with Gasteiger partial charge in [0, 0.05) is 28.5 Å². The van der Waals surface area contributed by atoms with Crippen molar-refractivity contribution in [2.45, 2.75) is 44.0 Å². The first-order valence-electron chi connectivity index (χ1n) is 7.12. The van der Waals surface area contributed by atoms with E-state index in [1.54, 1.807) is 12.1 Å². The number of thioether (sulfide) groups is 1. The van der Waals surface area contributed by atoms with E-state index < -0.39 is 11.5 Å². The van der Waals surface area contributed by atoms with Gasteiger partial charge in [0.15, 0.2) is 0 Å². The summed E-state index contributed by atoms with van der Waals surface area (Å²) in [5, 5.41) is 11.6. The molecule has 0 radical (unpaired) electrons. The van der Waals surface area contributed by atoms with Gasteiger partial charge in [-0.05, 0) is 44.5 Å². The topological polar surface area (TPSA) is 66.4 Å². The molecule has 1 aromatic rings. The third kappa shape index (κ3) is 6.93. The Balaban J connectivity index is 2.44. The fourth-order valence-corrected chi connectivity index (χ4v) is 2.69. The predicted octanol–water partition coefficient (Wildman–Crippen LogP) is 3.31. The molecular formula is C16H22FNO3S. The molecule has 6 heteroatoms. The molecule has 0 saturated carbocycles. The van der Waals surface area contributed by atoms with Gasteiger partial charge in [-0.1, -0.05) is 6.92 Å². The van der Waals surface area contributed by atoms with Crippen molar-refractivity contribution in [2.75, 3.05) is 5.75 Å². The lowest BCUT2D eigenvalue weighted by Crippen LogP contribution is -2.46. The summed E-state index contributed by atoms with van der Waals surface area (Å²) in [6.07, 6.45) is 0.401. The molecule has 1 unspecified atom stereocenters. The number of carboxylic acids is 1. The highest BCUT2D eigenvalue weighted by Crippen LogP contribution is 2.21. The second-order valence-electron chi connectivity index (χ2n) is 5.93. The first-order chi connectivity index (χ1) is 10.2. The smallest absolute Gasteiger partial charge is 0.303 e. The van der Waals surface area contributed by atoms with Gasteiger partial charge < -0.3 is 10.4 Å². The molecule has 0 aliphatic carbocycles. The lowest BCUT2D eigenvalue weighted by molar-refractivity contribution is -0.138. The Morgan fingerprint density at radius 2 is 1.91 bits per heavy atom. The lowest BCUT2D eigenvalue weighted by Gasteiger charge is -2.27. The average molecular weight is 327 g/mol. The van der Waals surface area contributed by atoms with E-state index in [9.17, 15) is 14.0 Å². The number of carbonyl (C=O) groups excluding carboxylic acids is 1. The number of carboxylic acid groups (broad SMARTS) is 1. The fraction of sp³-hybridized carbons (Fsp3) is 0.500. The van der Waals surface area contributed by atoms with Crippen LogP contribution in [-0.2, 0) is 9.59 Å². The number of rotatable bonds is 8. The summed E-state index contributed by atoms with van der Waals surface area (Å²) in [4.78, 5) is 23.7. The van der Waals surface area contributed by atoms with Crippen molar-refractivity contribution in [3.8, 4) is 0 Å². The van der Waals surface area contributed by atoms with Crippen LogP contribution in [0.5, 0.6) is 0 Å². The van der Waals surface area contributed by atoms with Crippen molar-refractivity contribution in [1.82, 2.24) is 5.32 Å². The van der Waals surface area contributed by atoms with E-state index in [2.05, 4.69) is 5.32 Å². The van der Waals surface area contributed by atoms with Gasteiger partial charge >= 0.3 is 5.97 Å². The van der Waals surface area contributed by atoms with Crippen LogP contribution in [0.4, 0.5) is 4.39 Å². The monoisotopic (exact) mass is 327 g/mol. The predicted molar refractivity (Wildman–Crippen MR) is 85.4 cm³/mol. The molecule has 22 heavy (non-hydrogen) atoms. The van der Waals surface area contributed by atoms with Gasteiger partial charge in [0.1, 0.15) is 5.82 Å². The van der Waals surface area contributed by atoms with E-state index in [0.29, 0.717) is 12.2 Å². The van der Waals surface area contributed by atoms with E-state index in [1.807, 2.05) is 20.8 Å². The Hall–Kier alpha value is -1.56. The number of carbonyl (C=O) groups is 2. The van der Waals surface area contributed by atoms with Crippen LogP contribution >= 0.6 is 11.8 Å². The van der Waals surface area contributed by atoms with Crippen molar-refractivity contribution < 1.29 is 19.1 Å². The Labute approximate surface area is 134 Å². The largest absolute Gasteiger partial charge is 0.481 e. The maximum atomic E-state index is 12.8. The summed E-state index contributed by atoms with van der Waals surface area (Å²) in [6.45, 7) is 5.44. The van der Waals surface area contributed by atoms with Crippen molar-refractivity contribution in [3.63, 3.8) is 0 Å². The molecule has 122 valence electrons.